The van der Waals surface area contributed by atoms with Gasteiger partial charge in [-0.1, -0.05) is 6.07 Å². The lowest BCUT2D eigenvalue weighted by molar-refractivity contribution is 0.0688. The highest BCUT2D eigenvalue weighted by atomic mass is 16.2. The first kappa shape index (κ1) is 14.0. The molecule has 1 aromatic carbocycles. The van der Waals surface area contributed by atoms with Crippen LogP contribution >= 0.6 is 0 Å². The molecule has 4 nitrogen and oxygen atoms in total. The zero-order valence-corrected chi connectivity index (χ0v) is 12.2. The third kappa shape index (κ3) is 3.05. The SMILES string of the molecule is NCCC1CCN(C(=O)c2ccc3ncccc3c2)CC1. The molecule has 3 rings (SSSR count). The summed E-state index contributed by atoms with van der Waals surface area (Å²) in [6.45, 7) is 2.43. The van der Waals surface area contributed by atoms with Gasteiger partial charge in [0.2, 0.25) is 0 Å². The number of fused-ring (bicyclic) bond motifs is 1. The van der Waals surface area contributed by atoms with Crippen molar-refractivity contribution < 1.29 is 4.79 Å². The zero-order chi connectivity index (χ0) is 14.7. The molecule has 0 aliphatic carbocycles. The summed E-state index contributed by atoms with van der Waals surface area (Å²) in [5.41, 5.74) is 7.30. The number of piperidine rings is 1. The average molecular weight is 283 g/mol. The van der Waals surface area contributed by atoms with E-state index >= 15 is 0 Å². The van der Waals surface area contributed by atoms with Crippen LogP contribution in [0.15, 0.2) is 36.5 Å². The summed E-state index contributed by atoms with van der Waals surface area (Å²) in [5, 5.41) is 1.02. The van der Waals surface area contributed by atoms with E-state index in [9.17, 15) is 4.79 Å². The summed E-state index contributed by atoms with van der Waals surface area (Å²) in [7, 11) is 0. The molecule has 1 aromatic heterocycles. The molecule has 1 aliphatic rings. The number of hydrogen-bond acceptors (Lipinski definition) is 3. The lowest BCUT2D eigenvalue weighted by atomic mass is 9.93. The minimum Gasteiger partial charge on any atom is -0.339 e. The number of likely N-dealkylation sites (tertiary alicyclic amines) is 1. The third-order valence-electron chi connectivity index (χ3n) is 4.33. The molecular weight excluding hydrogens is 262 g/mol. The Kier molecular flexibility index (Phi) is 4.15. The van der Waals surface area contributed by atoms with Crippen LogP contribution in [-0.4, -0.2) is 35.4 Å². The van der Waals surface area contributed by atoms with Crippen LogP contribution in [0.25, 0.3) is 10.9 Å². The van der Waals surface area contributed by atoms with Crippen LogP contribution in [0.3, 0.4) is 0 Å². The van der Waals surface area contributed by atoms with E-state index in [1.165, 1.54) is 0 Å². The van der Waals surface area contributed by atoms with E-state index in [1.54, 1.807) is 6.20 Å². The molecule has 110 valence electrons. The second-order valence-electron chi connectivity index (χ2n) is 5.72. The van der Waals surface area contributed by atoms with Crippen molar-refractivity contribution in [3.63, 3.8) is 0 Å². The maximum atomic E-state index is 12.6. The van der Waals surface area contributed by atoms with Gasteiger partial charge in [-0.05, 0) is 56.0 Å². The number of carbonyl (C=O) groups excluding carboxylic acids is 1. The monoisotopic (exact) mass is 283 g/mol. The van der Waals surface area contributed by atoms with Crippen LogP contribution in [0, 0.1) is 5.92 Å². The summed E-state index contributed by atoms with van der Waals surface area (Å²) in [6.07, 6.45) is 4.98. The highest BCUT2D eigenvalue weighted by Crippen LogP contribution is 2.22. The maximum absolute atomic E-state index is 12.6. The molecule has 0 radical (unpaired) electrons. The predicted octanol–water partition coefficient (Wildman–Crippen LogP) is 2.44. The first-order chi connectivity index (χ1) is 10.3. The van der Waals surface area contributed by atoms with Crippen molar-refractivity contribution in [1.29, 1.82) is 0 Å². The van der Waals surface area contributed by atoms with Crippen LogP contribution in [0.1, 0.15) is 29.6 Å². The number of carbonyl (C=O) groups is 1. The van der Waals surface area contributed by atoms with Crippen LogP contribution in [0.5, 0.6) is 0 Å². The summed E-state index contributed by atoms with van der Waals surface area (Å²) in [6, 6.07) is 9.63. The summed E-state index contributed by atoms with van der Waals surface area (Å²) < 4.78 is 0. The first-order valence-corrected chi connectivity index (χ1v) is 7.62. The van der Waals surface area contributed by atoms with Crippen LogP contribution in [-0.2, 0) is 0 Å². The van der Waals surface area contributed by atoms with Crippen molar-refractivity contribution in [2.45, 2.75) is 19.3 Å². The van der Waals surface area contributed by atoms with Crippen molar-refractivity contribution in [2.24, 2.45) is 11.7 Å². The molecule has 1 fully saturated rings. The van der Waals surface area contributed by atoms with Gasteiger partial charge in [0.25, 0.3) is 5.91 Å². The second kappa shape index (κ2) is 6.22. The fraction of sp³-hybridized carbons (Fsp3) is 0.412. The van der Waals surface area contributed by atoms with Gasteiger partial charge < -0.3 is 10.6 Å². The van der Waals surface area contributed by atoms with Crippen LogP contribution < -0.4 is 5.73 Å². The Hall–Kier alpha value is -1.94. The molecule has 2 N–H and O–H groups in total. The van der Waals surface area contributed by atoms with Gasteiger partial charge >= 0.3 is 0 Å². The van der Waals surface area contributed by atoms with E-state index in [1.807, 2.05) is 35.2 Å². The molecule has 21 heavy (non-hydrogen) atoms. The van der Waals surface area contributed by atoms with E-state index in [0.29, 0.717) is 5.92 Å². The topological polar surface area (TPSA) is 59.2 Å². The molecule has 0 bridgehead atoms. The number of nitrogens with zero attached hydrogens (tertiary/aromatic N) is 2. The van der Waals surface area contributed by atoms with E-state index in [4.69, 9.17) is 5.73 Å². The fourth-order valence-electron chi connectivity index (χ4n) is 3.05. The Balaban J connectivity index is 1.72. The van der Waals surface area contributed by atoms with Gasteiger partial charge in [0.1, 0.15) is 0 Å². The fourth-order valence-corrected chi connectivity index (χ4v) is 3.05. The quantitative estimate of drug-likeness (QED) is 0.941. The highest BCUT2D eigenvalue weighted by molar-refractivity contribution is 5.97. The molecule has 2 aromatic rings. The maximum Gasteiger partial charge on any atom is 0.253 e. The lowest BCUT2D eigenvalue weighted by Crippen LogP contribution is -2.38. The number of nitrogens with two attached hydrogens (primary N) is 1. The predicted molar refractivity (Wildman–Crippen MR) is 84.0 cm³/mol. The van der Waals surface area contributed by atoms with Crippen molar-refractivity contribution in [3.05, 3.63) is 42.1 Å². The summed E-state index contributed by atoms with van der Waals surface area (Å²) in [5.74, 6) is 0.812. The highest BCUT2D eigenvalue weighted by Gasteiger charge is 2.23. The van der Waals surface area contributed by atoms with Crippen LogP contribution in [0.4, 0.5) is 0 Å². The van der Waals surface area contributed by atoms with Crippen LogP contribution in [0.2, 0.25) is 0 Å². The minimum atomic E-state index is 0.131. The van der Waals surface area contributed by atoms with E-state index in [-0.39, 0.29) is 5.91 Å². The number of amides is 1. The first-order valence-electron chi connectivity index (χ1n) is 7.62. The van der Waals surface area contributed by atoms with Gasteiger partial charge in [-0.25, -0.2) is 0 Å². The van der Waals surface area contributed by atoms with Gasteiger partial charge in [0.15, 0.2) is 0 Å². The van der Waals surface area contributed by atoms with Gasteiger partial charge in [0.05, 0.1) is 5.52 Å². The number of rotatable bonds is 3. The molecule has 2 heterocycles. The van der Waals surface area contributed by atoms with Gasteiger partial charge in [-0.3, -0.25) is 9.78 Å². The van der Waals surface area contributed by atoms with Crippen molar-refractivity contribution in [2.75, 3.05) is 19.6 Å². The molecular formula is C17H21N3O. The van der Waals surface area contributed by atoms with Crippen molar-refractivity contribution in [3.8, 4) is 0 Å². The molecule has 1 amide bonds. The lowest BCUT2D eigenvalue weighted by Gasteiger charge is -2.32. The Morgan fingerprint density at radius 2 is 2.10 bits per heavy atom. The average Bonchev–Trinajstić information content (AvgIpc) is 2.55. The largest absolute Gasteiger partial charge is 0.339 e. The Bertz CT molecular complexity index is 633. The molecule has 0 unspecified atom stereocenters. The van der Waals surface area contributed by atoms with Gasteiger partial charge in [0, 0.05) is 30.2 Å². The number of benzene rings is 1. The minimum absolute atomic E-state index is 0.131. The summed E-state index contributed by atoms with van der Waals surface area (Å²) >= 11 is 0. The smallest absolute Gasteiger partial charge is 0.253 e. The number of hydrogen-bond donors (Lipinski definition) is 1. The molecule has 1 saturated heterocycles. The van der Waals surface area contributed by atoms with E-state index < -0.39 is 0 Å². The standard InChI is InChI=1S/C17H21N3O/c18-8-5-13-6-10-20(11-7-13)17(21)15-3-4-16-14(12-15)2-1-9-19-16/h1-4,9,12-13H,5-8,10-11,18H2. The molecule has 1 aliphatic heterocycles. The zero-order valence-electron chi connectivity index (χ0n) is 12.2. The van der Waals surface area contributed by atoms with Crippen molar-refractivity contribution in [1.82, 2.24) is 9.88 Å². The van der Waals surface area contributed by atoms with Crippen molar-refractivity contribution >= 4 is 16.8 Å². The van der Waals surface area contributed by atoms with E-state index in [2.05, 4.69) is 4.98 Å². The van der Waals surface area contributed by atoms with Gasteiger partial charge in [-0.15, -0.1) is 0 Å². The Labute approximate surface area is 125 Å². The molecule has 0 spiro atoms. The summed E-state index contributed by atoms with van der Waals surface area (Å²) in [4.78, 5) is 18.8. The van der Waals surface area contributed by atoms with Gasteiger partial charge in [-0.2, -0.15) is 0 Å². The molecule has 0 atom stereocenters. The molecule has 4 heteroatoms. The molecule has 0 saturated carbocycles. The Morgan fingerprint density at radius 3 is 2.86 bits per heavy atom. The number of aromatic nitrogens is 1. The third-order valence-corrected chi connectivity index (χ3v) is 4.33. The Morgan fingerprint density at radius 1 is 1.29 bits per heavy atom. The number of pyridine rings is 1. The van der Waals surface area contributed by atoms with E-state index in [0.717, 1.165) is 55.4 Å². The normalized spacial score (nSPS) is 16.3. The second-order valence-corrected chi connectivity index (χ2v) is 5.72.